The average molecular weight is 329 g/mol. The van der Waals surface area contributed by atoms with Crippen LogP contribution in [0.1, 0.15) is 17.7 Å². The molecule has 2 aromatic heterocycles. The van der Waals surface area contributed by atoms with Crippen LogP contribution in [-0.2, 0) is 11.3 Å². The lowest BCUT2D eigenvalue weighted by Crippen LogP contribution is -2.36. The van der Waals surface area contributed by atoms with Crippen molar-refractivity contribution < 1.29 is 9.53 Å². The van der Waals surface area contributed by atoms with Gasteiger partial charge < -0.3 is 9.64 Å². The fourth-order valence-corrected chi connectivity index (χ4v) is 2.61. The first-order chi connectivity index (χ1) is 11.5. The third-order valence-electron chi connectivity index (χ3n) is 4.15. The van der Waals surface area contributed by atoms with E-state index in [0.29, 0.717) is 30.2 Å². The molecule has 24 heavy (non-hydrogen) atoms. The molecular weight excluding hydrogens is 310 g/mol. The second-order valence-corrected chi connectivity index (χ2v) is 5.82. The van der Waals surface area contributed by atoms with Gasteiger partial charge in [0.05, 0.1) is 12.9 Å². The molecular formula is C16H19N5O3. The summed E-state index contributed by atoms with van der Waals surface area (Å²) in [6.07, 6.45) is 3.61. The van der Waals surface area contributed by atoms with Crippen LogP contribution < -0.4 is 10.3 Å². The van der Waals surface area contributed by atoms with E-state index in [4.69, 9.17) is 4.74 Å². The molecule has 0 aromatic carbocycles. The molecule has 0 bridgehead atoms. The number of nitrogens with zero attached hydrogens (tertiary/aromatic N) is 5. The second kappa shape index (κ2) is 6.77. The maximum absolute atomic E-state index is 12.4. The summed E-state index contributed by atoms with van der Waals surface area (Å²) in [5.74, 6) is 0.332. The van der Waals surface area contributed by atoms with Crippen molar-refractivity contribution in [3.63, 3.8) is 0 Å². The molecule has 0 saturated carbocycles. The quantitative estimate of drug-likeness (QED) is 0.803. The molecule has 1 aliphatic heterocycles. The van der Waals surface area contributed by atoms with Gasteiger partial charge in [0.2, 0.25) is 11.8 Å². The average Bonchev–Trinajstić information content (AvgIpc) is 3.05. The zero-order valence-electron chi connectivity index (χ0n) is 13.7. The maximum atomic E-state index is 12.4. The first-order valence-corrected chi connectivity index (χ1v) is 7.79. The number of likely N-dealkylation sites (tertiary alicyclic amines) is 1. The van der Waals surface area contributed by atoms with Crippen molar-refractivity contribution in [3.8, 4) is 5.88 Å². The number of carbonyl (C=O) groups excluding carboxylic acids is 1. The van der Waals surface area contributed by atoms with Gasteiger partial charge in [0.1, 0.15) is 12.6 Å². The zero-order valence-corrected chi connectivity index (χ0v) is 13.7. The van der Waals surface area contributed by atoms with Crippen molar-refractivity contribution in [3.05, 3.63) is 46.3 Å². The molecule has 3 rings (SSSR count). The predicted octanol–water partition coefficient (Wildman–Crippen LogP) is 0.330. The van der Waals surface area contributed by atoms with Gasteiger partial charge in [0.25, 0.3) is 5.56 Å². The molecule has 0 spiro atoms. The van der Waals surface area contributed by atoms with Crippen LogP contribution in [0.15, 0.2) is 29.5 Å². The summed E-state index contributed by atoms with van der Waals surface area (Å²) in [6, 6.07) is 3.48. The molecule has 1 atom stereocenters. The Labute approximate surface area is 139 Å². The lowest BCUT2D eigenvalue weighted by molar-refractivity contribution is -0.131. The summed E-state index contributed by atoms with van der Waals surface area (Å²) in [7, 11) is 0. The van der Waals surface area contributed by atoms with E-state index >= 15 is 0 Å². The third-order valence-corrected chi connectivity index (χ3v) is 4.15. The number of rotatable bonds is 4. The fourth-order valence-electron chi connectivity index (χ4n) is 2.61. The minimum atomic E-state index is -0.178. The van der Waals surface area contributed by atoms with Gasteiger partial charge in [-0.1, -0.05) is 0 Å². The first-order valence-electron chi connectivity index (χ1n) is 7.79. The number of ether oxygens (including phenoxy) is 1. The van der Waals surface area contributed by atoms with Crippen LogP contribution in [0.5, 0.6) is 5.88 Å². The van der Waals surface area contributed by atoms with Gasteiger partial charge in [-0.2, -0.15) is 5.10 Å². The summed E-state index contributed by atoms with van der Waals surface area (Å²) in [5, 5.41) is 7.64. The van der Waals surface area contributed by atoms with E-state index in [1.165, 1.54) is 10.9 Å². The zero-order chi connectivity index (χ0) is 17.1. The van der Waals surface area contributed by atoms with E-state index in [2.05, 4.69) is 15.2 Å². The molecule has 0 aliphatic carbocycles. The molecule has 1 fully saturated rings. The van der Waals surface area contributed by atoms with Gasteiger partial charge >= 0.3 is 0 Å². The van der Waals surface area contributed by atoms with Crippen LogP contribution in [0, 0.1) is 13.8 Å². The summed E-state index contributed by atoms with van der Waals surface area (Å²) in [4.78, 5) is 30.4. The van der Waals surface area contributed by atoms with Crippen LogP contribution >= 0.6 is 0 Å². The Morgan fingerprint density at radius 2 is 2.25 bits per heavy atom. The summed E-state index contributed by atoms with van der Waals surface area (Å²) < 4.78 is 7.06. The van der Waals surface area contributed by atoms with Crippen LogP contribution in [0.4, 0.5) is 0 Å². The van der Waals surface area contributed by atoms with Crippen molar-refractivity contribution in [2.45, 2.75) is 32.9 Å². The van der Waals surface area contributed by atoms with Crippen LogP contribution in [0.3, 0.4) is 0 Å². The largest absolute Gasteiger partial charge is 0.471 e. The third kappa shape index (κ3) is 3.42. The van der Waals surface area contributed by atoms with E-state index in [1.54, 1.807) is 37.1 Å². The van der Waals surface area contributed by atoms with Crippen LogP contribution in [0.25, 0.3) is 0 Å². The molecule has 1 aliphatic rings. The molecule has 8 heteroatoms. The topological polar surface area (TPSA) is 90.2 Å². The van der Waals surface area contributed by atoms with Gasteiger partial charge in [-0.3, -0.25) is 14.2 Å². The smallest absolute Gasteiger partial charge is 0.256 e. The SMILES string of the molecule is Cc1ncn(CC(=O)N2CC[C@@H](Oc3cccnn3)C2)c(=O)c1C. The number of carbonyl (C=O) groups is 1. The van der Waals surface area contributed by atoms with E-state index in [-0.39, 0.29) is 24.1 Å². The number of aryl methyl sites for hydroxylation is 1. The lowest BCUT2D eigenvalue weighted by Gasteiger charge is -2.17. The van der Waals surface area contributed by atoms with E-state index in [9.17, 15) is 9.59 Å². The maximum Gasteiger partial charge on any atom is 0.256 e. The number of hydrogen-bond donors (Lipinski definition) is 0. The highest BCUT2D eigenvalue weighted by Gasteiger charge is 2.28. The highest BCUT2D eigenvalue weighted by Crippen LogP contribution is 2.16. The molecule has 0 N–H and O–H groups in total. The summed E-state index contributed by atoms with van der Waals surface area (Å²) in [6.45, 7) is 4.55. The highest BCUT2D eigenvalue weighted by atomic mass is 16.5. The Kier molecular flexibility index (Phi) is 4.54. The first kappa shape index (κ1) is 16.1. The van der Waals surface area contributed by atoms with Gasteiger partial charge in [-0.05, 0) is 19.9 Å². The standard InChI is InChI=1S/C16H19N5O3/c1-11-12(2)17-10-21(16(11)23)9-15(22)20-7-5-13(8-20)24-14-4-3-6-18-19-14/h3-4,6,10,13H,5,7-9H2,1-2H3/t13-/m1/s1. The van der Waals surface area contributed by atoms with Gasteiger partial charge in [0, 0.05) is 36.5 Å². The Hall–Kier alpha value is -2.77. The summed E-state index contributed by atoms with van der Waals surface area (Å²) in [5.41, 5.74) is 1.07. The molecule has 3 heterocycles. The van der Waals surface area contributed by atoms with Crippen molar-refractivity contribution in [1.29, 1.82) is 0 Å². The van der Waals surface area contributed by atoms with Crippen LogP contribution in [0.2, 0.25) is 0 Å². The predicted molar refractivity (Wildman–Crippen MR) is 85.6 cm³/mol. The molecule has 1 saturated heterocycles. The Bertz CT molecular complexity index is 790. The van der Waals surface area contributed by atoms with Crippen molar-refractivity contribution >= 4 is 5.91 Å². The van der Waals surface area contributed by atoms with Crippen molar-refractivity contribution in [2.75, 3.05) is 13.1 Å². The Morgan fingerprint density at radius 1 is 1.42 bits per heavy atom. The number of amides is 1. The normalized spacial score (nSPS) is 17.1. The second-order valence-electron chi connectivity index (χ2n) is 5.82. The van der Waals surface area contributed by atoms with E-state index in [0.717, 1.165) is 6.42 Å². The van der Waals surface area contributed by atoms with Crippen molar-refractivity contribution in [2.24, 2.45) is 0 Å². The van der Waals surface area contributed by atoms with Crippen LogP contribution in [-0.4, -0.2) is 49.7 Å². The lowest BCUT2D eigenvalue weighted by atomic mass is 10.3. The van der Waals surface area contributed by atoms with Gasteiger partial charge in [0.15, 0.2) is 0 Å². The molecule has 2 aromatic rings. The molecule has 0 unspecified atom stereocenters. The Morgan fingerprint density at radius 3 is 3.00 bits per heavy atom. The number of hydrogen-bond acceptors (Lipinski definition) is 6. The Balaban J connectivity index is 1.61. The minimum Gasteiger partial charge on any atom is -0.471 e. The molecule has 0 radical (unpaired) electrons. The highest BCUT2D eigenvalue weighted by molar-refractivity contribution is 5.76. The molecule has 8 nitrogen and oxygen atoms in total. The van der Waals surface area contributed by atoms with Gasteiger partial charge in [-0.15, -0.1) is 5.10 Å². The minimum absolute atomic E-state index is 0.00911. The van der Waals surface area contributed by atoms with E-state index < -0.39 is 0 Å². The fraction of sp³-hybridized carbons (Fsp3) is 0.438. The summed E-state index contributed by atoms with van der Waals surface area (Å²) >= 11 is 0. The molecule has 126 valence electrons. The van der Waals surface area contributed by atoms with Gasteiger partial charge in [-0.25, -0.2) is 4.98 Å². The molecule has 1 amide bonds. The number of aromatic nitrogens is 4. The van der Waals surface area contributed by atoms with Crippen molar-refractivity contribution in [1.82, 2.24) is 24.6 Å². The van der Waals surface area contributed by atoms with E-state index in [1.807, 2.05) is 0 Å². The monoisotopic (exact) mass is 329 g/mol.